The lowest BCUT2D eigenvalue weighted by Crippen LogP contribution is -2.16. The van der Waals surface area contributed by atoms with E-state index in [4.69, 9.17) is 9.47 Å². The molecule has 0 aromatic heterocycles. The zero-order valence-electron chi connectivity index (χ0n) is 16.5. The third-order valence-electron chi connectivity index (χ3n) is 5.06. The van der Waals surface area contributed by atoms with Crippen molar-refractivity contribution in [3.05, 3.63) is 83.7 Å². The van der Waals surface area contributed by atoms with E-state index in [1.807, 2.05) is 19.1 Å². The molecule has 2 aromatic carbocycles. The van der Waals surface area contributed by atoms with Crippen molar-refractivity contribution >= 4 is 0 Å². The molecule has 0 saturated carbocycles. The number of benzene rings is 2. The molecule has 154 valence electrons. The van der Waals surface area contributed by atoms with Gasteiger partial charge in [0.25, 0.3) is 0 Å². The molecule has 3 rings (SSSR count). The largest absolute Gasteiger partial charge is 0.490 e. The van der Waals surface area contributed by atoms with Gasteiger partial charge in [0.15, 0.2) is 23.1 Å². The second-order valence-corrected chi connectivity index (χ2v) is 7.28. The van der Waals surface area contributed by atoms with Gasteiger partial charge in [-0.25, -0.2) is 8.78 Å². The van der Waals surface area contributed by atoms with E-state index in [1.54, 1.807) is 24.3 Å². The van der Waals surface area contributed by atoms with Crippen molar-refractivity contribution in [1.82, 2.24) is 0 Å². The van der Waals surface area contributed by atoms with Crippen LogP contribution < -0.4 is 9.47 Å². The molecule has 1 aliphatic rings. The number of aryl methyl sites for hydroxylation is 1. The van der Waals surface area contributed by atoms with Crippen molar-refractivity contribution in [2.24, 2.45) is 5.92 Å². The molecule has 2 atom stereocenters. The maximum atomic E-state index is 14.5. The summed E-state index contributed by atoms with van der Waals surface area (Å²) in [7, 11) is 0. The SMILES string of the molecule is C=CCCOc1ccc(C2C=CC(COc3ccc(C)cc3F)CC2)c(F)c1F. The van der Waals surface area contributed by atoms with Crippen molar-refractivity contribution in [3.8, 4) is 11.5 Å². The smallest absolute Gasteiger partial charge is 0.200 e. The molecule has 0 bridgehead atoms. The molecule has 0 fully saturated rings. The highest BCUT2D eigenvalue weighted by Crippen LogP contribution is 2.35. The van der Waals surface area contributed by atoms with Crippen LogP contribution in [-0.2, 0) is 0 Å². The topological polar surface area (TPSA) is 18.5 Å². The van der Waals surface area contributed by atoms with E-state index >= 15 is 0 Å². The number of allylic oxidation sites excluding steroid dienone is 1. The van der Waals surface area contributed by atoms with Gasteiger partial charge in [-0.2, -0.15) is 4.39 Å². The van der Waals surface area contributed by atoms with Crippen LogP contribution in [0.3, 0.4) is 0 Å². The predicted molar refractivity (Wildman–Crippen MR) is 108 cm³/mol. The van der Waals surface area contributed by atoms with E-state index in [-0.39, 0.29) is 35.8 Å². The van der Waals surface area contributed by atoms with Crippen molar-refractivity contribution in [2.75, 3.05) is 13.2 Å². The van der Waals surface area contributed by atoms with Gasteiger partial charge in [0, 0.05) is 11.8 Å². The molecule has 0 spiro atoms. The zero-order chi connectivity index (χ0) is 20.8. The summed E-state index contributed by atoms with van der Waals surface area (Å²) in [5.41, 5.74) is 1.15. The molecule has 0 amide bonds. The average molecular weight is 402 g/mol. The van der Waals surface area contributed by atoms with Crippen molar-refractivity contribution in [2.45, 2.75) is 32.1 Å². The Hall–Kier alpha value is -2.69. The first-order chi connectivity index (χ1) is 14.0. The number of halogens is 3. The summed E-state index contributed by atoms with van der Waals surface area (Å²) in [4.78, 5) is 0. The molecular weight excluding hydrogens is 377 g/mol. The maximum absolute atomic E-state index is 14.5. The Morgan fingerprint density at radius 2 is 1.79 bits per heavy atom. The maximum Gasteiger partial charge on any atom is 0.200 e. The zero-order valence-corrected chi connectivity index (χ0v) is 16.5. The van der Waals surface area contributed by atoms with Crippen LogP contribution in [0.1, 0.15) is 36.3 Å². The van der Waals surface area contributed by atoms with Gasteiger partial charge in [0.05, 0.1) is 13.2 Å². The lowest BCUT2D eigenvalue weighted by atomic mass is 9.84. The normalized spacial score (nSPS) is 18.5. The summed E-state index contributed by atoms with van der Waals surface area (Å²) in [5, 5.41) is 0. The van der Waals surface area contributed by atoms with Gasteiger partial charge in [-0.1, -0.05) is 30.4 Å². The second kappa shape index (κ2) is 9.68. The van der Waals surface area contributed by atoms with Gasteiger partial charge in [0.2, 0.25) is 5.82 Å². The fourth-order valence-electron chi connectivity index (χ4n) is 3.39. The van der Waals surface area contributed by atoms with Gasteiger partial charge in [-0.3, -0.25) is 0 Å². The minimum Gasteiger partial charge on any atom is -0.490 e. The monoisotopic (exact) mass is 402 g/mol. The summed E-state index contributed by atoms with van der Waals surface area (Å²) in [5.74, 6) is -2.17. The van der Waals surface area contributed by atoms with Crippen LogP contribution >= 0.6 is 0 Å². The van der Waals surface area contributed by atoms with Gasteiger partial charge in [-0.15, -0.1) is 6.58 Å². The average Bonchev–Trinajstić information content (AvgIpc) is 2.71. The molecule has 5 heteroatoms. The van der Waals surface area contributed by atoms with E-state index in [0.717, 1.165) is 12.0 Å². The third-order valence-corrected chi connectivity index (χ3v) is 5.06. The Bertz CT molecular complexity index is 892. The van der Waals surface area contributed by atoms with Crippen LogP contribution in [0, 0.1) is 30.3 Å². The molecule has 2 aromatic rings. The summed E-state index contributed by atoms with van der Waals surface area (Å²) in [6.45, 7) is 5.99. The Labute approximate surface area is 169 Å². The highest BCUT2D eigenvalue weighted by Gasteiger charge is 2.23. The predicted octanol–water partition coefficient (Wildman–Crippen LogP) is 6.50. The third kappa shape index (κ3) is 5.22. The van der Waals surface area contributed by atoms with Crippen molar-refractivity contribution in [3.63, 3.8) is 0 Å². The van der Waals surface area contributed by atoms with E-state index in [0.29, 0.717) is 25.0 Å². The number of hydrogen-bond acceptors (Lipinski definition) is 2. The number of hydrogen-bond donors (Lipinski definition) is 0. The van der Waals surface area contributed by atoms with Crippen LogP contribution in [0.25, 0.3) is 0 Å². The first-order valence-corrected chi connectivity index (χ1v) is 9.78. The van der Waals surface area contributed by atoms with Crippen LogP contribution in [-0.4, -0.2) is 13.2 Å². The lowest BCUT2D eigenvalue weighted by Gasteiger charge is -2.24. The van der Waals surface area contributed by atoms with Gasteiger partial charge in [-0.05, 0) is 55.5 Å². The molecule has 0 aliphatic heterocycles. The Kier molecular flexibility index (Phi) is 7.02. The van der Waals surface area contributed by atoms with Crippen molar-refractivity contribution in [1.29, 1.82) is 0 Å². The summed E-state index contributed by atoms with van der Waals surface area (Å²) in [6.07, 6.45) is 7.43. The lowest BCUT2D eigenvalue weighted by molar-refractivity contribution is 0.250. The number of rotatable bonds is 8. The quantitative estimate of drug-likeness (QED) is 0.371. The molecule has 2 unspecified atom stereocenters. The molecule has 0 radical (unpaired) electrons. The Balaban J connectivity index is 1.61. The first kappa shape index (κ1) is 21.0. The minimum atomic E-state index is -0.958. The molecule has 0 N–H and O–H groups in total. The standard InChI is InChI=1S/C24H25F3O2/c1-3-4-13-28-22-12-10-19(23(26)24(22)27)18-8-6-17(7-9-18)15-29-21-11-5-16(2)14-20(21)25/h3,5-6,8,10-12,14,17-18H,1,4,7,9,13,15H2,2H3. The molecule has 29 heavy (non-hydrogen) atoms. The van der Waals surface area contributed by atoms with Gasteiger partial charge >= 0.3 is 0 Å². The number of ether oxygens (including phenoxy) is 2. The summed E-state index contributed by atoms with van der Waals surface area (Å²) >= 11 is 0. The van der Waals surface area contributed by atoms with Crippen LogP contribution in [0.2, 0.25) is 0 Å². The van der Waals surface area contributed by atoms with E-state index in [2.05, 4.69) is 6.58 Å². The van der Waals surface area contributed by atoms with Crippen molar-refractivity contribution < 1.29 is 22.6 Å². The van der Waals surface area contributed by atoms with Crippen LogP contribution in [0.5, 0.6) is 11.5 Å². The molecule has 0 saturated heterocycles. The van der Waals surface area contributed by atoms with E-state index in [9.17, 15) is 13.2 Å². The summed E-state index contributed by atoms with van der Waals surface area (Å²) in [6, 6.07) is 7.91. The molecule has 2 nitrogen and oxygen atoms in total. The first-order valence-electron chi connectivity index (χ1n) is 9.78. The molecule has 0 heterocycles. The highest BCUT2D eigenvalue weighted by molar-refractivity contribution is 5.35. The van der Waals surface area contributed by atoms with Crippen LogP contribution in [0.4, 0.5) is 13.2 Å². The minimum absolute atomic E-state index is 0.0840. The Morgan fingerprint density at radius 1 is 1.00 bits per heavy atom. The van der Waals surface area contributed by atoms with E-state index in [1.165, 1.54) is 12.1 Å². The van der Waals surface area contributed by atoms with E-state index < -0.39 is 11.6 Å². The fourth-order valence-corrected chi connectivity index (χ4v) is 3.39. The van der Waals surface area contributed by atoms with Gasteiger partial charge < -0.3 is 9.47 Å². The molecular formula is C24H25F3O2. The van der Waals surface area contributed by atoms with Gasteiger partial charge in [0.1, 0.15) is 0 Å². The Morgan fingerprint density at radius 3 is 2.48 bits per heavy atom. The molecule has 1 aliphatic carbocycles. The fraction of sp³-hybridized carbons (Fsp3) is 0.333. The summed E-state index contributed by atoms with van der Waals surface area (Å²) < 4.78 is 53.5. The van der Waals surface area contributed by atoms with Crippen LogP contribution in [0.15, 0.2) is 55.1 Å². The highest BCUT2D eigenvalue weighted by atomic mass is 19.2. The second-order valence-electron chi connectivity index (χ2n) is 7.28.